The number of aromatic nitrogens is 3. The van der Waals surface area contributed by atoms with Crippen LogP contribution >= 0.6 is 0 Å². The van der Waals surface area contributed by atoms with Gasteiger partial charge in [-0.25, -0.2) is 4.52 Å². The average Bonchev–Trinajstić information content (AvgIpc) is 3.32. The summed E-state index contributed by atoms with van der Waals surface area (Å²) in [5, 5.41) is 7.30. The summed E-state index contributed by atoms with van der Waals surface area (Å²) in [4.78, 5) is 0. The molecule has 0 aliphatic carbocycles. The largest absolute Gasteiger partial charge is 0.461 e. The summed E-state index contributed by atoms with van der Waals surface area (Å²) < 4.78 is 10.1. The second-order valence-electron chi connectivity index (χ2n) is 7.15. The maximum atomic E-state index is 5.82. The average molecular weight is 355 g/mol. The lowest BCUT2D eigenvalue weighted by Gasteiger charge is -2.08. The molecule has 0 amide bonds. The Morgan fingerprint density at radius 1 is 0.852 bits per heavy atom. The van der Waals surface area contributed by atoms with Crippen molar-refractivity contribution < 1.29 is 4.42 Å². The lowest BCUT2D eigenvalue weighted by molar-refractivity contribution is 0.548. The van der Waals surface area contributed by atoms with E-state index >= 15 is 0 Å². The van der Waals surface area contributed by atoms with E-state index < -0.39 is 0 Å². The number of benzene rings is 1. The van der Waals surface area contributed by atoms with Gasteiger partial charge in [-0.2, -0.15) is 5.10 Å². The summed E-state index contributed by atoms with van der Waals surface area (Å²) in [7, 11) is 0. The third-order valence-electron chi connectivity index (χ3n) is 5.36. The number of aryl methyl sites for hydroxylation is 4. The van der Waals surface area contributed by atoms with Crippen LogP contribution < -0.4 is 0 Å². The number of fused-ring (bicyclic) bond motifs is 3. The summed E-state index contributed by atoms with van der Waals surface area (Å²) in [6, 6.07) is 16.7. The van der Waals surface area contributed by atoms with E-state index in [9.17, 15) is 0 Å². The third-order valence-corrected chi connectivity index (χ3v) is 5.36. The first kappa shape index (κ1) is 15.9. The fraction of sp³-hybridized carbons (Fsp3) is 0.174. The highest BCUT2D eigenvalue weighted by Gasteiger charge is 2.19. The molecular weight excluding hydrogens is 334 g/mol. The number of furan rings is 1. The van der Waals surface area contributed by atoms with Gasteiger partial charge < -0.3 is 8.98 Å². The van der Waals surface area contributed by atoms with Crippen LogP contribution in [0.2, 0.25) is 0 Å². The molecule has 0 fully saturated rings. The van der Waals surface area contributed by atoms with Crippen LogP contribution in [0.1, 0.15) is 22.8 Å². The predicted octanol–water partition coefficient (Wildman–Crippen LogP) is 5.77. The van der Waals surface area contributed by atoms with Crippen LogP contribution in [0.25, 0.3) is 33.3 Å². The molecule has 0 bridgehead atoms. The summed E-state index contributed by atoms with van der Waals surface area (Å²) in [6.45, 7) is 8.41. The van der Waals surface area contributed by atoms with Gasteiger partial charge in [0.2, 0.25) is 0 Å². The molecule has 0 N–H and O–H groups in total. The van der Waals surface area contributed by atoms with Crippen molar-refractivity contribution in [2.45, 2.75) is 27.7 Å². The molecule has 5 aromatic rings. The van der Waals surface area contributed by atoms with E-state index in [2.05, 4.69) is 61.9 Å². The highest BCUT2D eigenvalue weighted by Crippen LogP contribution is 2.35. The van der Waals surface area contributed by atoms with Crippen LogP contribution in [0, 0.1) is 27.7 Å². The SMILES string of the molecule is Cc1ccc(-c2cc3c4c(C)n(-c5ccccc5)c(C)c4c(C)nn3c2)o1. The first-order chi connectivity index (χ1) is 13.0. The van der Waals surface area contributed by atoms with Crippen molar-refractivity contribution in [2.75, 3.05) is 0 Å². The van der Waals surface area contributed by atoms with Gasteiger partial charge in [-0.15, -0.1) is 0 Å². The highest BCUT2D eigenvalue weighted by atomic mass is 16.3. The van der Waals surface area contributed by atoms with Gasteiger partial charge in [0.15, 0.2) is 0 Å². The van der Waals surface area contributed by atoms with Gasteiger partial charge in [-0.3, -0.25) is 0 Å². The van der Waals surface area contributed by atoms with E-state index in [1.165, 1.54) is 27.8 Å². The number of para-hydroxylation sites is 1. The van der Waals surface area contributed by atoms with E-state index in [0.29, 0.717) is 0 Å². The quantitative estimate of drug-likeness (QED) is 0.403. The van der Waals surface area contributed by atoms with Crippen molar-refractivity contribution in [2.24, 2.45) is 0 Å². The molecule has 0 radical (unpaired) electrons. The van der Waals surface area contributed by atoms with Crippen molar-refractivity contribution in [3.05, 3.63) is 77.6 Å². The Morgan fingerprint density at radius 2 is 1.59 bits per heavy atom. The second kappa shape index (κ2) is 5.61. The lowest BCUT2D eigenvalue weighted by Crippen LogP contribution is -1.98. The Kier molecular flexibility index (Phi) is 3.31. The molecular formula is C23H21N3O. The van der Waals surface area contributed by atoms with E-state index in [1.54, 1.807) is 0 Å². The molecule has 0 aliphatic rings. The minimum atomic E-state index is 0.876. The summed E-state index contributed by atoms with van der Waals surface area (Å²) in [5.41, 5.74) is 6.81. The predicted molar refractivity (Wildman–Crippen MR) is 109 cm³/mol. The van der Waals surface area contributed by atoms with Crippen molar-refractivity contribution in [3.63, 3.8) is 0 Å². The van der Waals surface area contributed by atoms with Crippen molar-refractivity contribution in [3.8, 4) is 17.0 Å². The number of hydrogen-bond acceptors (Lipinski definition) is 2. The first-order valence-corrected chi connectivity index (χ1v) is 9.17. The van der Waals surface area contributed by atoms with Gasteiger partial charge >= 0.3 is 0 Å². The zero-order chi connectivity index (χ0) is 18.7. The zero-order valence-electron chi connectivity index (χ0n) is 15.9. The van der Waals surface area contributed by atoms with Crippen LogP contribution in [0.4, 0.5) is 0 Å². The van der Waals surface area contributed by atoms with E-state index in [0.717, 1.165) is 28.3 Å². The van der Waals surface area contributed by atoms with E-state index in [1.807, 2.05) is 29.6 Å². The molecule has 0 atom stereocenters. The molecule has 5 rings (SSSR count). The molecule has 0 saturated heterocycles. The van der Waals surface area contributed by atoms with Crippen molar-refractivity contribution in [1.29, 1.82) is 0 Å². The van der Waals surface area contributed by atoms with Crippen molar-refractivity contribution in [1.82, 2.24) is 14.2 Å². The van der Waals surface area contributed by atoms with E-state index in [-0.39, 0.29) is 0 Å². The van der Waals surface area contributed by atoms with Gasteiger partial charge in [0.25, 0.3) is 0 Å². The molecule has 27 heavy (non-hydrogen) atoms. The monoisotopic (exact) mass is 355 g/mol. The molecule has 4 heterocycles. The number of hydrogen-bond donors (Lipinski definition) is 0. The Balaban J connectivity index is 1.86. The standard InChI is InChI=1S/C23H21N3O/c1-14-10-11-21(27-14)18-12-20-23-17(4)26(19-8-6-5-7-9-19)16(3)22(23)15(2)24-25(20)13-18/h5-13H,1-4H3. The van der Waals surface area contributed by atoms with Crippen LogP contribution in [-0.2, 0) is 0 Å². The third kappa shape index (κ3) is 2.26. The summed E-state index contributed by atoms with van der Waals surface area (Å²) in [5.74, 6) is 1.79. The van der Waals surface area contributed by atoms with Crippen LogP contribution in [-0.4, -0.2) is 14.2 Å². The summed E-state index contributed by atoms with van der Waals surface area (Å²) in [6.07, 6.45) is 2.05. The molecule has 0 spiro atoms. The molecule has 4 heteroatoms. The van der Waals surface area contributed by atoms with Gasteiger partial charge in [-0.1, -0.05) is 18.2 Å². The molecule has 4 aromatic heterocycles. The van der Waals surface area contributed by atoms with Gasteiger partial charge in [0, 0.05) is 39.6 Å². The summed E-state index contributed by atoms with van der Waals surface area (Å²) >= 11 is 0. The molecule has 134 valence electrons. The zero-order valence-corrected chi connectivity index (χ0v) is 15.9. The smallest absolute Gasteiger partial charge is 0.135 e. The Hall–Kier alpha value is -3.27. The Morgan fingerprint density at radius 3 is 2.30 bits per heavy atom. The van der Waals surface area contributed by atoms with Gasteiger partial charge in [0.1, 0.15) is 11.5 Å². The van der Waals surface area contributed by atoms with Crippen molar-refractivity contribution >= 4 is 16.3 Å². The maximum absolute atomic E-state index is 5.82. The van der Waals surface area contributed by atoms with Gasteiger partial charge in [-0.05, 0) is 58.0 Å². The minimum absolute atomic E-state index is 0.876. The van der Waals surface area contributed by atoms with Gasteiger partial charge in [0.05, 0.1) is 11.2 Å². The van der Waals surface area contributed by atoms with E-state index in [4.69, 9.17) is 9.52 Å². The Labute approximate surface area is 157 Å². The maximum Gasteiger partial charge on any atom is 0.135 e. The fourth-order valence-electron chi connectivity index (χ4n) is 4.21. The number of nitrogens with zero attached hydrogens (tertiary/aromatic N) is 3. The lowest BCUT2D eigenvalue weighted by atomic mass is 10.1. The fourth-order valence-corrected chi connectivity index (χ4v) is 4.21. The molecule has 0 saturated carbocycles. The molecule has 1 aromatic carbocycles. The molecule has 4 nitrogen and oxygen atoms in total. The normalized spacial score (nSPS) is 11.7. The van der Waals surface area contributed by atoms with Crippen LogP contribution in [0.3, 0.4) is 0 Å². The first-order valence-electron chi connectivity index (χ1n) is 9.17. The van der Waals surface area contributed by atoms with Crippen LogP contribution in [0.5, 0.6) is 0 Å². The number of rotatable bonds is 2. The molecule has 0 aliphatic heterocycles. The van der Waals surface area contributed by atoms with Crippen LogP contribution in [0.15, 0.2) is 59.1 Å². The minimum Gasteiger partial charge on any atom is -0.461 e. The molecule has 0 unspecified atom stereocenters. The topological polar surface area (TPSA) is 35.4 Å². The highest BCUT2D eigenvalue weighted by molar-refractivity contribution is 6.02. The second-order valence-corrected chi connectivity index (χ2v) is 7.15. The Bertz CT molecular complexity index is 1300.